The monoisotopic (exact) mass is 447 g/mol. The summed E-state index contributed by atoms with van der Waals surface area (Å²) in [4.78, 5) is 16.9. The van der Waals surface area contributed by atoms with E-state index >= 15 is 0 Å². The average molecular weight is 448 g/mol. The van der Waals surface area contributed by atoms with Crippen molar-refractivity contribution in [3.8, 4) is 10.6 Å². The maximum absolute atomic E-state index is 14.1. The van der Waals surface area contributed by atoms with Gasteiger partial charge in [0, 0.05) is 7.05 Å². The third-order valence-corrected chi connectivity index (χ3v) is 6.25. The van der Waals surface area contributed by atoms with E-state index in [1.54, 1.807) is 11.7 Å². The van der Waals surface area contributed by atoms with Crippen LogP contribution < -0.4 is 22.1 Å². The van der Waals surface area contributed by atoms with Crippen molar-refractivity contribution >= 4 is 33.8 Å². The second-order valence-corrected chi connectivity index (χ2v) is 8.69. The van der Waals surface area contributed by atoms with Crippen LogP contribution in [0.1, 0.15) is 42.6 Å². The molecular formula is C20H23F2N7OS. The topological polar surface area (TPSA) is 124 Å². The van der Waals surface area contributed by atoms with Crippen molar-refractivity contribution in [2.45, 2.75) is 37.8 Å². The van der Waals surface area contributed by atoms with Crippen LogP contribution in [-0.2, 0) is 7.05 Å². The Hall–Kier alpha value is -3.05. The van der Waals surface area contributed by atoms with Gasteiger partial charge in [-0.05, 0) is 37.8 Å². The number of carbonyl (C=O) groups is 1. The number of amides is 1. The quantitative estimate of drug-likeness (QED) is 0.442. The van der Waals surface area contributed by atoms with Crippen LogP contribution in [0, 0.1) is 11.6 Å². The van der Waals surface area contributed by atoms with Gasteiger partial charge in [-0.3, -0.25) is 9.48 Å². The van der Waals surface area contributed by atoms with Crippen LogP contribution in [-0.4, -0.2) is 26.3 Å². The SMILES string of the molecule is Cn1ncc(NC(=O)c2nc(-c3c(F)cccc3F)sc2N)c1NC1(N)CCCCC1. The molecule has 164 valence electrons. The van der Waals surface area contributed by atoms with Gasteiger partial charge >= 0.3 is 0 Å². The molecule has 0 spiro atoms. The van der Waals surface area contributed by atoms with E-state index in [1.165, 1.54) is 12.3 Å². The van der Waals surface area contributed by atoms with Crippen molar-refractivity contribution < 1.29 is 13.6 Å². The molecule has 1 aliphatic carbocycles. The second kappa shape index (κ2) is 8.23. The van der Waals surface area contributed by atoms with Gasteiger partial charge < -0.3 is 22.1 Å². The summed E-state index contributed by atoms with van der Waals surface area (Å²) in [6.07, 6.45) is 6.29. The normalized spacial score (nSPS) is 15.6. The highest BCUT2D eigenvalue weighted by molar-refractivity contribution is 7.19. The van der Waals surface area contributed by atoms with Crippen LogP contribution in [0.4, 0.5) is 25.3 Å². The lowest BCUT2D eigenvalue weighted by atomic mass is 9.90. The summed E-state index contributed by atoms with van der Waals surface area (Å²) in [5, 5.41) is 10.3. The van der Waals surface area contributed by atoms with E-state index in [9.17, 15) is 13.6 Å². The summed E-state index contributed by atoms with van der Waals surface area (Å²) in [5.41, 5.74) is 11.8. The van der Waals surface area contributed by atoms with E-state index in [2.05, 4.69) is 20.7 Å². The zero-order chi connectivity index (χ0) is 22.2. The molecule has 0 unspecified atom stereocenters. The highest BCUT2D eigenvalue weighted by Crippen LogP contribution is 2.35. The van der Waals surface area contributed by atoms with Gasteiger partial charge in [0.15, 0.2) is 5.69 Å². The number of aryl methyl sites for hydroxylation is 1. The third-order valence-electron chi connectivity index (χ3n) is 5.35. The number of anilines is 3. The van der Waals surface area contributed by atoms with E-state index in [1.807, 2.05) is 0 Å². The maximum atomic E-state index is 14.1. The van der Waals surface area contributed by atoms with Gasteiger partial charge in [-0.25, -0.2) is 13.8 Å². The molecule has 1 saturated carbocycles. The van der Waals surface area contributed by atoms with Crippen molar-refractivity contribution in [2.75, 3.05) is 16.4 Å². The standard InChI is InChI=1S/C20H23F2N7OS/c1-29-17(28-20(24)8-3-2-4-9-20)13(10-25-29)26-18(30)15-16(23)31-19(27-15)14-11(21)6-5-7-12(14)22/h5-7,10,28H,2-4,8-9,23-24H2,1H3,(H,26,30). The zero-order valence-electron chi connectivity index (χ0n) is 16.9. The number of carbonyl (C=O) groups excluding carboxylic acids is 1. The molecule has 2 heterocycles. The van der Waals surface area contributed by atoms with Gasteiger partial charge in [-0.2, -0.15) is 5.10 Å². The molecule has 2 aromatic heterocycles. The first kappa shape index (κ1) is 21.2. The Labute approximate surface area is 181 Å². The van der Waals surface area contributed by atoms with Gasteiger partial charge in [-0.1, -0.05) is 23.8 Å². The molecule has 31 heavy (non-hydrogen) atoms. The summed E-state index contributed by atoms with van der Waals surface area (Å²) in [6, 6.07) is 3.50. The van der Waals surface area contributed by atoms with Gasteiger partial charge in [0.1, 0.15) is 33.1 Å². The molecule has 11 heteroatoms. The summed E-state index contributed by atoms with van der Waals surface area (Å²) in [6.45, 7) is 0. The van der Waals surface area contributed by atoms with Crippen LogP contribution in [0.5, 0.6) is 0 Å². The van der Waals surface area contributed by atoms with Gasteiger partial charge in [0.2, 0.25) is 0 Å². The largest absolute Gasteiger partial charge is 0.389 e. The van der Waals surface area contributed by atoms with E-state index in [0.29, 0.717) is 11.5 Å². The van der Waals surface area contributed by atoms with Crippen molar-refractivity contribution in [3.05, 3.63) is 41.7 Å². The van der Waals surface area contributed by atoms with E-state index in [-0.39, 0.29) is 21.3 Å². The fourth-order valence-electron chi connectivity index (χ4n) is 3.71. The minimum atomic E-state index is -0.778. The Morgan fingerprint density at radius 1 is 1.23 bits per heavy atom. The predicted octanol–water partition coefficient (Wildman–Crippen LogP) is 3.69. The molecule has 3 aromatic rings. The van der Waals surface area contributed by atoms with Crippen LogP contribution in [0.2, 0.25) is 0 Å². The molecule has 1 aliphatic rings. The van der Waals surface area contributed by atoms with Crippen molar-refractivity contribution in [1.82, 2.24) is 14.8 Å². The number of nitrogens with one attached hydrogen (secondary N) is 2. The smallest absolute Gasteiger partial charge is 0.277 e. The highest BCUT2D eigenvalue weighted by Gasteiger charge is 2.30. The number of hydrogen-bond acceptors (Lipinski definition) is 7. The number of benzene rings is 1. The van der Waals surface area contributed by atoms with Gasteiger partial charge in [0.05, 0.1) is 17.4 Å². The Morgan fingerprint density at radius 2 is 1.90 bits per heavy atom. The first-order valence-corrected chi connectivity index (χ1v) is 10.7. The van der Waals surface area contributed by atoms with Crippen LogP contribution in [0.15, 0.2) is 24.4 Å². The molecule has 0 aliphatic heterocycles. The minimum absolute atomic E-state index is 0.00842. The van der Waals surface area contributed by atoms with E-state index in [0.717, 1.165) is 55.6 Å². The molecule has 6 N–H and O–H groups in total. The van der Waals surface area contributed by atoms with Gasteiger partial charge in [-0.15, -0.1) is 0 Å². The molecule has 8 nitrogen and oxygen atoms in total. The highest BCUT2D eigenvalue weighted by atomic mass is 32.1. The summed E-state index contributed by atoms with van der Waals surface area (Å²) in [5.74, 6) is -1.60. The number of halogens is 2. The Balaban J connectivity index is 1.58. The number of aromatic nitrogens is 3. The number of rotatable bonds is 5. The Kier molecular flexibility index (Phi) is 5.63. The number of thiazole rings is 1. The van der Waals surface area contributed by atoms with Crippen LogP contribution >= 0.6 is 11.3 Å². The summed E-state index contributed by atoms with van der Waals surface area (Å²) >= 11 is 0.841. The molecule has 0 radical (unpaired) electrons. The first-order chi connectivity index (χ1) is 14.8. The fraction of sp³-hybridized carbons (Fsp3) is 0.350. The fourth-order valence-corrected chi connectivity index (χ4v) is 4.58. The first-order valence-electron chi connectivity index (χ1n) is 9.88. The average Bonchev–Trinajstić information content (AvgIpc) is 3.25. The number of nitrogen functional groups attached to an aromatic ring is 1. The third kappa shape index (κ3) is 4.23. The number of hydrogen-bond donors (Lipinski definition) is 4. The van der Waals surface area contributed by atoms with Crippen LogP contribution in [0.3, 0.4) is 0 Å². The predicted molar refractivity (Wildman–Crippen MR) is 117 cm³/mol. The number of nitrogens with zero attached hydrogens (tertiary/aromatic N) is 3. The van der Waals surface area contributed by atoms with E-state index in [4.69, 9.17) is 11.5 Å². The zero-order valence-corrected chi connectivity index (χ0v) is 17.7. The van der Waals surface area contributed by atoms with Crippen molar-refractivity contribution in [1.29, 1.82) is 0 Å². The lowest BCUT2D eigenvalue weighted by molar-refractivity contribution is 0.102. The van der Waals surface area contributed by atoms with Crippen molar-refractivity contribution in [3.63, 3.8) is 0 Å². The molecule has 0 bridgehead atoms. The van der Waals surface area contributed by atoms with Crippen molar-refractivity contribution in [2.24, 2.45) is 12.8 Å². The minimum Gasteiger partial charge on any atom is -0.389 e. The molecule has 1 aromatic carbocycles. The molecule has 1 amide bonds. The van der Waals surface area contributed by atoms with Crippen LogP contribution in [0.25, 0.3) is 10.6 Å². The molecule has 0 atom stereocenters. The van der Waals surface area contributed by atoms with Gasteiger partial charge in [0.25, 0.3) is 5.91 Å². The molecule has 4 rings (SSSR count). The summed E-state index contributed by atoms with van der Waals surface area (Å²) < 4.78 is 29.8. The molecule has 0 saturated heterocycles. The molecule has 1 fully saturated rings. The van der Waals surface area contributed by atoms with E-state index < -0.39 is 23.2 Å². The second-order valence-electron chi connectivity index (χ2n) is 7.65. The Bertz CT molecular complexity index is 1100. The lowest BCUT2D eigenvalue weighted by Gasteiger charge is -2.35. The summed E-state index contributed by atoms with van der Waals surface area (Å²) in [7, 11) is 1.74. The maximum Gasteiger partial charge on any atom is 0.277 e. The molecular weight excluding hydrogens is 424 g/mol. The lowest BCUT2D eigenvalue weighted by Crippen LogP contribution is -2.49. The Morgan fingerprint density at radius 3 is 2.58 bits per heavy atom. The number of nitrogens with two attached hydrogens (primary N) is 2.